The standard InChI is InChI=1S/C18H11N5/c19-11-17-18(22-23-21-17)13-8-6-12(7-9-13)14-3-1-5-16-15(14)4-2-10-20-16/h1-10H,(H,21,22,23). The van der Waals surface area contributed by atoms with Crippen molar-refractivity contribution in [2.75, 3.05) is 0 Å². The Balaban J connectivity index is 1.81. The zero-order valence-corrected chi connectivity index (χ0v) is 12.1. The topological polar surface area (TPSA) is 78.2 Å². The van der Waals surface area contributed by atoms with E-state index < -0.39 is 0 Å². The van der Waals surface area contributed by atoms with Crippen molar-refractivity contribution in [1.82, 2.24) is 20.4 Å². The van der Waals surface area contributed by atoms with Crippen LogP contribution < -0.4 is 0 Å². The lowest BCUT2D eigenvalue weighted by Crippen LogP contribution is -1.85. The van der Waals surface area contributed by atoms with Gasteiger partial charge < -0.3 is 0 Å². The number of aromatic nitrogens is 4. The molecule has 4 rings (SSSR count). The van der Waals surface area contributed by atoms with Crippen LogP contribution in [0.3, 0.4) is 0 Å². The number of aromatic amines is 1. The van der Waals surface area contributed by atoms with Gasteiger partial charge in [0.2, 0.25) is 0 Å². The predicted octanol–water partition coefficient (Wildman–Crippen LogP) is 3.56. The van der Waals surface area contributed by atoms with Crippen LogP contribution in [0.5, 0.6) is 0 Å². The molecule has 0 aliphatic carbocycles. The molecule has 2 aromatic carbocycles. The Kier molecular flexibility index (Phi) is 3.06. The summed E-state index contributed by atoms with van der Waals surface area (Å²) in [5.74, 6) is 0. The zero-order chi connectivity index (χ0) is 15.6. The molecule has 0 unspecified atom stereocenters. The van der Waals surface area contributed by atoms with E-state index in [0.29, 0.717) is 11.4 Å². The smallest absolute Gasteiger partial charge is 0.163 e. The SMILES string of the molecule is N#Cc1[nH]nnc1-c1ccc(-c2cccc3ncccc23)cc1. The number of fused-ring (bicyclic) bond motifs is 1. The fraction of sp³-hybridized carbons (Fsp3) is 0. The summed E-state index contributed by atoms with van der Waals surface area (Å²) in [5, 5.41) is 20.4. The van der Waals surface area contributed by atoms with E-state index in [0.717, 1.165) is 27.6 Å². The minimum atomic E-state index is 0.368. The van der Waals surface area contributed by atoms with Gasteiger partial charge in [0.05, 0.1) is 5.52 Å². The Morgan fingerprint density at radius 3 is 2.57 bits per heavy atom. The van der Waals surface area contributed by atoms with Gasteiger partial charge in [0.1, 0.15) is 11.8 Å². The van der Waals surface area contributed by atoms with Crippen LogP contribution in [0.1, 0.15) is 5.69 Å². The van der Waals surface area contributed by atoms with E-state index in [1.165, 1.54) is 0 Å². The summed E-state index contributed by atoms with van der Waals surface area (Å²) < 4.78 is 0. The van der Waals surface area contributed by atoms with E-state index in [4.69, 9.17) is 5.26 Å². The van der Waals surface area contributed by atoms with Crippen molar-refractivity contribution < 1.29 is 0 Å². The van der Waals surface area contributed by atoms with E-state index in [9.17, 15) is 0 Å². The lowest BCUT2D eigenvalue weighted by molar-refractivity contribution is 0.937. The lowest BCUT2D eigenvalue weighted by atomic mass is 9.99. The average molecular weight is 297 g/mol. The van der Waals surface area contributed by atoms with Crippen molar-refractivity contribution in [2.24, 2.45) is 0 Å². The third-order valence-electron chi connectivity index (χ3n) is 3.78. The van der Waals surface area contributed by atoms with Gasteiger partial charge in [0.25, 0.3) is 0 Å². The van der Waals surface area contributed by atoms with E-state index in [1.807, 2.05) is 42.5 Å². The second-order valence-corrected chi connectivity index (χ2v) is 5.10. The second-order valence-electron chi connectivity index (χ2n) is 5.10. The maximum atomic E-state index is 9.05. The summed E-state index contributed by atoms with van der Waals surface area (Å²) in [6, 6.07) is 20.1. The maximum Gasteiger partial charge on any atom is 0.163 e. The van der Waals surface area contributed by atoms with E-state index in [-0.39, 0.29) is 0 Å². The van der Waals surface area contributed by atoms with Crippen LogP contribution >= 0.6 is 0 Å². The average Bonchev–Trinajstić information content (AvgIpc) is 3.10. The number of rotatable bonds is 2. The molecule has 0 fully saturated rings. The highest BCUT2D eigenvalue weighted by atomic mass is 15.3. The molecule has 4 aromatic rings. The molecule has 0 spiro atoms. The van der Waals surface area contributed by atoms with E-state index in [2.05, 4.69) is 38.6 Å². The van der Waals surface area contributed by atoms with E-state index in [1.54, 1.807) is 6.20 Å². The van der Waals surface area contributed by atoms with Crippen molar-refractivity contribution in [3.63, 3.8) is 0 Å². The van der Waals surface area contributed by atoms with Gasteiger partial charge in [0.15, 0.2) is 5.69 Å². The van der Waals surface area contributed by atoms with Gasteiger partial charge in [-0.15, -0.1) is 5.10 Å². The normalized spacial score (nSPS) is 10.6. The minimum absolute atomic E-state index is 0.368. The Hall–Kier alpha value is -3.52. The van der Waals surface area contributed by atoms with Gasteiger partial charge in [-0.25, -0.2) is 5.10 Å². The van der Waals surface area contributed by atoms with Gasteiger partial charge in [-0.1, -0.05) is 47.7 Å². The van der Waals surface area contributed by atoms with Gasteiger partial charge >= 0.3 is 0 Å². The molecule has 0 radical (unpaired) electrons. The van der Waals surface area contributed by atoms with Crippen LogP contribution in [0.15, 0.2) is 60.8 Å². The van der Waals surface area contributed by atoms with Crippen molar-refractivity contribution in [2.45, 2.75) is 0 Å². The molecule has 1 N–H and O–H groups in total. The molecular weight excluding hydrogens is 286 g/mol. The first-order chi connectivity index (χ1) is 11.4. The number of hydrogen-bond acceptors (Lipinski definition) is 4. The van der Waals surface area contributed by atoms with Crippen LogP contribution in [0, 0.1) is 11.3 Å². The number of hydrogen-bond donors (Lipinski definition) is 1. The number of pyridine rings is 1. The largest absolute Gasteiger partial charge is 0.256 e. The van der Waals surface area contributed by atoms with Crippen LogP contribution in [0.25, 0.3) is 33.3 Å². The lowest BCUT2D eigenvalue weighted by Gasteiger charge is -2.07. The zero-order valence-electron chi connectivity index (χ0n) is 12.1. The van der Waals surface area contributed by atoms with Crippen LogP contribution in [-0.2, 0) is 0 Å². The van der Waals surface area contributed by atoms with E-state index >= 15 is 0 Å². The molecule has 0 aliphatic rings. The maximum absolute atomic E-state index is 9.05. The summed E-state index contributed by atoms with van der Waals surface area (Å²) in [6.45, 7) is 0. The highest BCUT2D eigenvalue weighted by Gasteiger charge is 2.10. The number of benzene rings is 2. The molecule has 0 aliphatic heterocycles. The van der Waals surface area contributed by atoms with Gasteiger partial charge in [-0.05, 0) is 23.3 Å². The van der Waals surface area contributed by atoms with Crippen molar-refractivity contribution >= 4 is 10.9 Å². The van der Waals surface area contributed by atoms with Crippen molar-refractivity contribution in [1.29, 1.82) is 5.26 Å². The Morgan fingerprint density at radius 2 is 1.74 bits per heavy atom. The monoisotopic (exact) mass is 297 g/mol. The molecule has 0 amide bonds. The minimum Gasteiger partial charge on any atom is -0.256 e. The fourth-order valence-electron chi connectivity index (χ4n) is 2.67. The number of H-pyrrole nitrogens is 1. The van der Waals surface area contributed by atoms with Crippen LogP contribution in [0.4, 0.5) is 0 Å². The molecule has 5 nitrogen and oxygen atoms in total. The molecule has 23 heavy (non-hydrogen) atoms. The Bertz CT molecular complexity index is 1020. The summed E-state index contributed by atoms with van der Waals surface area (Å²) >= 11 is 0. The first-order valence-electron chi connectivity index (χ1n) is 7.12. The van der Waals surface area contributed by atoms with Gasteiger partial charge in [-0.3, -0.25) is 4.98 Å². The third kappa shape index (κ3) is 2.23. The van der Waals surface area contributed by atoms with Crippen LogP contribution in [-0.4, -0.2) is 20.4 Å². The quantitative estimate of drug-likeness (QED) is 0.613. The molecule has 2 aromatic heterocycles. The third-order valence-corrected chi connectivity index (χ3v) is 3.78. The first-order valence-corrected chi connectivity index (χ1v) is 7.12. The highest BCUT2D eigenvalue weighted by molar-refractivity contribution is 5.94. The first kappa shape index (κ1) is 13.2. The fourth-order valence-corrected chi connectivity index (χ4v) is 2.67. The molecular formula is C18H11N5. The molecule has 0 saturated heterocycles. The van der Waals surface area contributed by atoms with Gasteiger partial charge in [-0.2, -0.15) is 5.26 Å². The van der Waals surface area contributed by atoms with Gasteiger partial charge in [0, 0.05) is 17.1 Å². The number of nitrogens with zero attached hydrogens (tertiary/aromatic N) is 4. The van der Waals surface area contributed by atoms with Crippen LogP contribution in [0.2, 0.25) is 0 Å². The summed E-state index contributed by atoms with van der Waals surface area (Å²) in [5.41, 5.74) is 4.98. The summed E-state index contributed by atoms with van der Waals surface area (Å²) in [7, 11) is 0. The summed E-state index contributed by atoms with van der Waals surface area (Å²) in [4.78, 5) is 4.39. The highest BCUT2D eigenvalue weighted by Crippen LogP contribution is 2.29. The predicted molar refractivity (Wildman–Crippen MR) is 87.3 cm³/mol. The number of nitrogens with one attached hydrogen (secondary N) is 1. The molecule has 0 bridgehead atoms. The molecule has 5 heteroatoms. The van der Waals surface area contributed by atoms with Crippen molar-refractivity contribution in [3.05, 3.63) is 66.5 Å². The second kappa shape index (κ2) is 5.35. The molecule has 2 heterocycles. The Labute approximate surface area is 132 Å². The molecule has 0 saturated carbocycles. The molecule has 108 valence electrons. The Morgan fingerprint density at radius 1 is 0.913 bits per heavy atom. The summed E-state index contributed by atoms with van der Waals surface area (Å²) in [6.07, 6.45) is 1.79. The number of nitriles is 1. The molecule has 0 atom stereocenters. The van der Waals surface area contributed by atoms with Crippen molar-refractivity contribution in [3.8, 4) is 28.5 Å².